The third kappa shape index (κ3) is 2.84. The molecule has 0 saturated carbocycles. The van der Waals surface area contributed by atoms with Gasteiger partial charge in [0.15, 0.2) is 0 Å². The molecule has 0 amide bonds. The summed E-state index contributed by atoms with van der Waals surface area (Å²) in [6.07, 6.45) is 0.708. The van der Waals surface area contributed by atoms with Crippen molar-refractivity contribution in [2.45, 2.75) is 11.3 Å². The molecule has 0 atom stereocenters. The molecule has 1 aliphatic heterocycles. The molecule has 0 bridgehead atoms. The molecular formula is C15H14ClNO4S. The van der Waals surface area contributed by atoms with E-state index in [9.17, 15) is 8.42 Å². The summed E-state index contributed by atoms with van der Waals surface area (Å²) in [5.74, 6) is 1.14. The van der Waals surface area contributed by atoms with Crippen LogP contribution in [-0.4, -0.2) is 22.1 Å². The number of sulfonamides is 1. The molecule has 0 aromatic heterocycles. The summed E-state index contributed by atoms with van der Waals surface area (Å²) in [5.41, 5.74) is 1.19. The number of ether oxygens (including phenoxy) is 2. The monoisotopic (exact) mass is 339 g/mol. The normalized spacial score (nSPS) is 13.4. The average molecular weight is 340 g/mol. The molecule has 22 heavy (non-hydrogen) atoms. The molecule has 1 heterocycles. The first kappa shape index (κ1) is 15.0. The second-order valence-corrected chi connectivity index (χ2v) is 6.94. The predicted molar refractivity (Wildman–Crippen MR) is 84.5 cm³/mol. The van der Waals surface area contributed by atoms with E-state index in [1.54, 1.807) is 24.3 Å². The van der Waals surface area contributed by atoms with Crippen molar-refractivity contribution in [3.05, 3.63) is 47.0 Å². The van der Waals surface area contributed by atoms with E-state index in [1.807, 2.05) is 0 Å². The van der Waals surface area contributed by atoms with Gasteiger partial charge in [-0.3, -0.25) is 4.72 Å². The average Bonchev–Trinajstić information content (AvgIpc) is 2.94. The van der Waals surface area contributed by atoms with Crippen LogP contribution in [0.25, 0.3) is 0 Å². The van der Waals surface area contributed by atoms with Gasteiger partial charge in [-0.25, -0.2) is 8.42 Å². The molecule has 2 aromatic rings. The quantitative estimate of drug-likeness (QED) is 0.929. The topological polar surface area (TPSA) is 64.6 Å². The highest BCUT2D eigenvalue weighted by molar-refractivity contribution is 7.92. The Morgan fingerprint density at radius 2 is 2.05 bits per heavy atom. The first-order chi connectivity index (χ1) is 10.5. The van der Waals surface area contributed by atoms with Crippen molar-refractivity contribution in [1.29, 1.82) is 0 Å². The zero-order valence-corrected chi connectivity index (χ0v) is 13.4. The third-order valence-corrected chi connectivity index (χ3v) is 4.98. The Hall–Kier alpha value is -1.92. The Morgan fingerprint density at radius 1 is 1.23 bits per heavy atom. The first-order valence-electron chi connectivity index (χ1n) is 6.62. The first-order valence-corrected chi connectivity index (χ1v) is 8.48. The number of nitrogens with one attached hydrogen (secondary N) is 1. The predicted octanol–water partition coefficient (Wildman–Crippen LogP) is 3.08. The smallest absolute Gasteiger partial charge is 0.262 e. The molecule has 1 aliphatic rings. The highest BCUT2D eigenvalue weighted by Gasteiger charge is 2.20. The minimum absolute atomic E-state index is 0.179. The Balaban J connectivity index is 1.96. The van der Waals surface area contributed by atoms with Crippen LogP contribution in [0.2, 0.25) is 5.02 Å². The van der Waals surface area contributed by atoms with E-state index < -0.39 is 10.0 Å². The van der Waals surface area contributed by atoms with Crippen molar-refractivity contribution in [3.63, 3.8) is 0 Å². The zero-order chi connectivity index (χ0) is 15.7. The van der Waals surface area contributed by atoms with Crippen molar-refractivity contribution in [1.82, 2.24) is 0 Å². The number of benzene rings is 2. The number of hydrogen-bond donors (Lipinski definition) is 1. The van der Waals surface area contributed by atoms with Gasteiger partial charge in [-0.1, -0.05) is 11.6 Å². The van der Waals surface area contributed by atoms with E-state index in [-0.39, 0.29) is 4.90 Å². The number of halogens is 1. The lowest BCUT2D eigenvalue weighted by molar-refractivity contribution is 0.356. The van der Waals surface area contributed by atoms with Gasteiger partial charge in [-0.15, -0.1) is 0 Å². The van der Waals surface area contributed by atoms with Gasteiger partial charge in [-0.2, -0.15) is 0 Å². The summed E-state index contributed by atoms with van der Waals surface area (Å²) in [5, 5.41) is 0.417. The van der Waals surface area contributed by atoms with Crippen LogP contribution in [0.5, 0.6) is 11.5 Å². The zero-order valence-electron chi connectivity index (χ0n) is 11.8. The molecular weight excluding hydrogens is 326 g/mol. The molecule has 1 N–H and O–H groups in total. The maximum Gasteiger partial charge on any atom is 0.262 e. The lowest BCUT2D eigenvalue weighted by Gasteiger charge is -2.12. The summed E-state index contributed by atoms with van der Waals surface area (Å²) in [6, 6.07) is 9.56. The Morgan fingerprint density at radius 3 is 2.82 bits per heavy atom. The fraction of sp³-hybridized carbons (Fsp3) is 0.200. The van der Waals surface area contributed by atoms with Crippen molar-refractivity contribution < 1.29 is 17.9 Å². The van der Waals surface area contributed by atoms with Crippen LogP contribution in [-0.2, 0) is 16.4 Å². The number of anilines is 1. The molecule has 5 nitrogen and oxygen atoms in total. The van der Waals surface area contributed by atoms with E-state index in [1.165, 1.54) is 19.2 Å². The second kappa shape index (κ2) is 5.70. The molecule has 0 unspecified atom stereocenters. The largest absolute Gasteiger partial charge is 0.495 e. The lowest BCUT2D eigenvalue weighted by atomic mass is 10.2. The van der Waals surface area contributed by atoms with Crippen molar-refractivity contribution >= 4 is 27.3 Å². The molecule has 7 heteroatoms. The van der Waals surface area contributed by atoms with Crippen molar-refractivity contribution in [2.24, 2.45) is 0 Å². The summed E-state index contributed by atoms with van der Waals surface area (Å²) in [4.78, 5) is 0.179. The third-order valence-electron chi connectivity index (χ3n) is 3.38. The Labute approximate surface area is 133 Å². The van der Waals surface area contributed by atoms with Crippen molar-refractivity contribution in [3.8, 4) is 11.5 Å². The minimum Gasteiger partial charge on any atom is -0.495 e. The van der Waals surface area contributed by atoms with Crippen molar-refractivity contribution in [2.75, 3.05) is 18.4 Å². The number of rotatable bonds is 4. The summed E-state index contributed by atoms with van der Waals surface area (Å²) >= 11 is 5.92. The van der Waals surface area contributed by atoms with Gasteiger partial charge >= 0.3 is 0 Å². The Bertz CT molecular complexity index is 820. The molecule has 3 rings (SSSR count). The molecule has 0 spiro atoms. The van der Waals surface area contributed by atoms with E-state index in [2.05, 4.69) is 4.72 Å². The standard InChI is InChI=1S/C15H14ClNO4S/c1-20-15-4-2-11(16)9-13(15)17-22(18,19)12-3-5-14-10(8-12)6-7-21-14/h2-5,8-9,17H,6-7H2,1H3. The van der Waals surface area contributed by atoms with Gasteiger partial charge in [0.2, 0.25) is 0 Å². The number of fused-ring (bicyclic) bond motifs is 1. The van der Waals surface area contributed by atoms with Gasteiger partial charge in [0.25, 0.3) is 10.0 Å². The van der Waals surface area contributed by atoms with Crippen LogP contribution in [0.4, 0.5) is 5.69 Å². The van der Waals surface area contributed by atoms with Crippen LogP contribution in [0.3, 0.4) is 0 Å². The Kier molecular flexibility index (Phi) is 3.88. The number of methoxy groups -OCH3 is 1. The van der Waals surface area contributed by atoms with Crippen LogP contribution in [0.1, 0.15) is 5.56 Å². The lowest BCUT2D eigenvalue weighted by Crippen LogP contribution is -2.13. The van der Waals surface area contributed by atoms with Gasteiger partial charge in [0, 0.05) is 11.4 Å². The maximum absolute atomic E-state index is 12.5. The van der Waals surface area contributed by atoms with Crippen LogP contribution in [0.15, 0.2) is 41.3 Å². The number of hydrogen-bond acceptors (Lipinski definition) is 4. The fourth-order valence-electron chi connectivity index (χ4n) is 2.29. The van der Waals surface area contributed by atoms with Crippen LogP contribution in [0, 0.1) is 0 Å². The molecule has 2 aromatic carbocycles. The van der Waals surface area contributed by atoms with Gasteiger partial charge < -0.3 is 9.47 Å². The highest BCUT2D eigenvalue weighted by atomic mass is 35.5. The molecule has 0 radical (unpaired) electrons. The van der Waals surface area contributed by atoms with E-state index >= 15 is 0 Å². The molecule has 116 valence electrons. The van der Waals surface area contributed by atoms with E-state index in [0.717, 1.165) is 11.3 Å². The maximum atomic E-state index is 12.5. The molecule has 0 fully saturated rings. The summed E-state index contributed by atoms with van der Waals surface area (Å²) in [6.45, 7) is 0.578. The van der Waals surface area contributed by atoms with E-state index in [0.29, 0.717) is 29.5 Å². The molecule has 0 aliphatic carbocycles. The van der Waals surface area contributed by atoms with Gasteiger partial charge in [0.05, 0.1) is 24.3 Å². The van der Waals surface area contributed by atoms with Gasteiger partial charge in [0.1, 0.15) is 11.5 Å². The van der Waals surface area contributed by atoms with Crippen LogP contribution < -0.4 is 14.2 Å². The molecule has 0 saturated heterocycles. The SMILES string of the molecule is COc1ccc(Cl)cc1NS(=O)(=O)c1ccc2c(c1)CCO2. The summed E-state index contributed by atoms with van der Waals surface area (Å²) in [7, 11) is -2.26. The van der Waals surface area contributed by atoms with E-state index in [4.69, 9.17) is 21.1 Å². The second-order valence-electron chi connectivity index (χ2n) is 4.82. The van der Waals surface area contributed by atoms with Crippen LogP contribution >= 0.6 is 11.6 Å². The fourth-order valence-corrected chi connectivity index (χ4v) is 3.58. The minimum atomic E-state index is -3.73. The summed E-state index contributed by atoms with van der Waals surface area (Å²) < 4.78 is 38.1. The van der Waals surface area contributed by atoms with Gasteiger partial charge in [-0.05, 0) is 42.0 Å². The highest BCUT2D eigenvalue weighted by Crippen LogP contribution is 2.32.